The zero-order chi connectivity index (χ0) is 20.8. The highest BCUT2D eigenvalue weighted by Gasteiger charge is 2.11. The molecule has 0 unspecified atom stereocenters. The van der Waals surface area contributed by atoms with Crippen LogP contribution in [0.4, 0.5) is 17.1 Å². The van der Waals surface area contributed by atoms with Gasteiger partial charge in [0.25, 0.3) is 5.91 Å². The van der Waals surface area contributed by atoms with E-state index in [0.717, 1.165) is 0 Å². The average molecular weight is 391 g/mol. The van der Waals surface area contributed by atoms with Crippen LogP contribution in [0.3, 0.4) is 0 Å². The van der Waals surface area contributed by atoms with Crippen LogP contribution in [0.25, 0.3) is 0 Å². The molecule has 0 saturated heterocycles. The van der Waals surface area contributed by atoms with Crippen molar-refractivity contribution < 1.29 is 19.1 Å². The number of carbonyl (C=O) groups excluding carboxylic acids is 2. The quantitative estimate of drug-likeness (QED) is 0.584. The molecule has 1 amide bonds. The number of nitrogens with one attached hydrogen (secondary N) is 2. The molecule has 2 N–H and O–H groups in total. The summed E-state index contributed by atoms with van der Waals surface area (Å²) in [5, 5.41) is 5.97. The smallest absolute Gasteiger partial charge is 0.257 e. The Bertz CT molecular complexity index is 1050. The van der Waals surface area contributed by atoms with Gasteiger partial charge >= 0.3 is 0 Å². The Morgan fingerprint density at radius 1 is 0.897 bits per heavy atom. The van der Waals surface area contributed by atoms with Crippen molar-refractivity contribution in [2.24, 2.45) is 0 Å². The van der Waals surface area contributed by atoms with Crippen molar-refractivity contribution >= 4 is 28.8 Å². The number of amides is 1. The molecule has 148 valence electrons. The van der Waals surface area contributed by atoms with Gasteiger partial charge < -0.3 is 20.1 Å². The molecule has 0 atom stereocenters. The molecule has 0 aliphatic heterocycles. The summed E-state index contributed by atoms with van der Waals surface area (Å²) in [6, 6.07) is 13.8. The lowest BCUT2D eigenvalue weighted by Gasteiger charge is -2.13. The number of anilines is 3. The molecular formula is C22H21N3O4. The molecule has 1 aromatic heterocycles. The summed E-state index contributed by atoms with van der Waals surface area (Å²) < 4.78 is 10.6. The van der Waals surface area contributed by atoms with Gasteiger partial charge in [-0.1, -0.05) is 12.1 Å². The molecular weight excluding hydrogens is 370 g/mol. The fraction of sp³-hybridized carbons (Fsp3) is 0.136. The minimum Gasteiger partial charge on any atom is -0.497 e. The van der Waals surface area contributed by atoms with E-state index in [1.807, 2.05) is 0 Å². The predicted octanol–water partition coefficient (Wildman–Crippen LogP) is 4.30. The molecule has 3 rings (SSSR count). The average Bonchev–Trinajstić information content (AvgIpc) is 2.74. The predicted molar refractivity (Wildman–Crippen MR) is 111 cm³/mol. The maximum Gasteiger partial charge on any atom is 0.257 e. The van der Waals surface area contributed by atoms with E-state index in [0.29, 0.717) is 39.7 Å². The van der Waals surface area contributed by atoms with Gasteiger partial charge in [0, 0.05) is 23.5 Å². The molecule has 1 heterocycles. The number of Topliss-reactive ketones (excluding diaryl/α,β-unsaturated/α-hetero) is 1. The van der Waals surface area contributed by atoms with E-state index < -0.39 is 0 Å². The molecule has 7 heteroatoms. The van der Waals surface area contributed by atoms with Gasteiger partial charge in [0.2, 0.25) is 0 Å². The van der Waals surface area contributed by atoms with Crippen LogP contribution in [0.1, 0.15) is 27.6 Å². The standard InChI is InChI=1S/C22H21N3O4/c1-14(26)15-5-4-6-17(9-15)25-22(27)16-10-18(13-23-12-16)24-20-11-19(28-2)7-8-21(20)29-3/h4-13,24H,1-3H3,(H,25,27). The number of nitrogens with zero attached hydrogens (tertiary/aromatic N) is 1. The maximum atomic E-state index is 12.6. The first-order valence-corrected chi connectivity index (χ1v) is 8.86. The van der Waals surface area contributed by atoms with Crippen molar-refractivity contribution in [2.75, 3.05) is 24.9 Å². The third-order valence-corrected chi connectivity index (χ3v) is 4.21. The summed E-state index contributed by atoms with van der Waals surface area (Å²) in [5.74, 6) is 0.892. The third-order valence-electron chi connectivity index (χ3n) is 4.21. The molecule has 0 aliphatic rings. The zero-order valence-electron chi connectivity index (χ0n) is 16.4. The lowest BCUT2D eigenvalue weighted by atomic mass is 10.1. The summed E-state index contributed by atoms with van der Waals surface area (Å²) >= 11 is 0. The molecule has 0 radical (unpaired) electrons. The number of pyridine rings is 1. The van der Waals surface area contributed by atoms with E-state index in [1.54, 1.807) is 68.9 Å². The molecule has 0 fully saturated rings. The molecule has 7 nitrogen and oxygen atoms in total. The van der Waals surface area contributed by atoms with Gasteiger partial charge in [0.05, 0.1) is 37.4 Å². The van der Waals surface area contributed by atoms with Gasteiger partial charge in [-0.25, -0.2) is 0 Å². The SMILES string of the molecule is COc1ccc(OC)c(Nc2cncc(C(=O)Nc3cccc(C(C)=O)c3)c2)c1. The number of ether oxygens (including phenoxy) is 2. The van der Waals surface area contributed by atoms with Crippen LogP contribution in [-0.2, 0) is 0 Å². The molecule has 0 saturated carbocycles. The fourth-order valence-electron chi connectivity index (χ4n) is 2.72. The molecule has 0 spiro atoms. The number of carbonyl (C=O) groups is 2. The Morgan fingerprint density at radius 2 is 1.69 bits per heavy atom. The van der Waals surface area contributed by atoms with E-state index in [2.05, 4.69) is 15.6 Å². The Kier molecular flexibility index (Phi) is 6.09. The van der Waals surface area contributed by atoms with Crippen molar-refractivity contribution in [1.82, 2.24) is 4.98 Å². The molecule has 0 bridgehead atoms. The minimum atomic E-state index is -0.334. The number of rotatable bonds is 7. The minimum absolute atomic E-state index is 0.0683. The number of ketones is 1. The van der Waals surface area contributed by atoms with Crippen LogP contribution in [0, 0.1) is 0 Å². The van der Waals surface area contributed by atoms with Crippen molar-refractivity contribution in [3.8, 4) is 11.5 Å². The number of hydrogen-bond donors (Lipinski definition) is 2. The molecule has 2 aromatic carbocycles. The van der Waals surface area contributed by atoms with Gasteiger partial charge in [-0.3, -0.25) is 14.6 Å². The van der Waals surface area contributed by atoms with E-state index >= 15 is 0 Å². The largest absolute Gasteiger partial charge is 0.497 e. The number of hydrogen-bond acceptors (Lipinski definition) is 6. The van der Waals surface area contributed by atoms with Crippen molar-refractivity contribution in [2.45, 2.75) is 6.92 Å². The zero-order valence-corrected chi connectivity index (χ0v) is 16.4. The highest BCUT2D eigenvalue weighted by molar-refractivity contribution is 6.05. The van der Waals surface area contributed by atoms with Gasteiger partial charge in [0.1, 0.15) is 11.5 Å². The monoisotopic (exact) mass is 391 g/mol. The second kappa shape index (κ2) is 8.88. The number of aromatic nitrogens is 1. The fourth-order valence-corrected chi connectivity index (χ4v) is 2.72. The highest BCUT2D eigenvalue weighted by atomic mass is 16.5. The van der Waals surface area contributed by atoms with E-state index in [1.165, 1.54) is 13.1 Å². The van der Waals surface area contributed by atoms with Gasteiger partial charge in [-0.2, -0.15) is 0 Å². The van der Waals surface area contributed by atoms with Crippen LogP contribution in [0.2, 0.25) is 0 Å². The molecule has 0 aliphatic carbocycles. The second-order valence-electron chi connectivity index (χ2n) is 6.24. The summed E-state index contributed by atoms with van der Waals surface area (Å²) in [6.07, 6.45) is 3.07. The van der Waals surface area contributed by atoms with Crippen molar-refractivity contribution in [3.05, 3.63) is 72.1 Å². The van der Waals surface area contributed by atoms with Crippen LogP contribution >= 0.6 is 0 Å². The first-order valence-electron chi connectivity index (χ1n) is 8.86. The van der Waals surface area contributed by atoms with E-state index in [9.17, 15) is 9.59 Å². The van der Waals surface area contributed by atoms with Crippen molar-refractivity contribution in [3.63, 3.8) is 0 Å². The lowest BCUT2D eigenvalue weighted by Crippen LogP contribution is -2.13. The third kappa shape index (κ3) is 4.90. The van der Waals surface area contributed by atoms with Crippen LogP contribution in [-0.4, -0.2) is 30.9 Å². The van der Waals surface area contributed by atoms with Crippen LogP contribution in [0.15, 0.2) is 60.9 Å². The van der Waals surface area contributed by atoms with Gasteiger partial charge in [-0.15, -0.1) is 0 Å². The van der Waals surface area contributed by atoms with Gasteiger partial charge in [-0.05, 0) is 37.3 Å². The summed E-state index contributed by atoms with van der Waals surface area (Å²) in [4.78, 5) is 28.3. The van der Waals surface area contributed by atoms with E-state index in [-0.39, 0.29) is 11.7 Å². The molecule has 29 heavy (non-hydrogen) atoms. The summed E-state index contributed by atoms with van der Waals surface area (Å²) in [5.41, 5.74) is 2.73. The van der Waals surface area contributed by atoms with Gasteiger partial charge in [0.15, 0.2) is 5.78 Å². The normalized spacial score (nSPS) is 10.2. The maximum absolute atomic E-state index is 12.6. The van der Waals surface area contributed by atoms with Crippen molar-refractivity contribution in [1.29, 1.82) is 0 Å². The Labute approximate surface area is 168 Å². The Hall–Kier alpha value is -3.87. The molecule has 3 aromatic rings. The summed E-state index contributed by atoms with van der Waals surface area (Å²) in [6.45, 7) is 1.48. The van der Waals surface area contributed by atoms with Crippen LogP contribution < -0.4 is 20.1 Å². The van der Waals surface area contributed by atoms with E-state index in [4.69, 9.17) is 9.47 Å². The Morgan fingerprint density at radius 3 is 2.41 bits per heavy atom. The first kappa shape index (κ1) is 19.9. The summed E-state index contributed by atoms with van der Waals surface area (Å²) in [7, 11) is 3.16. The lowest BCUT2D eigenvalue weighted by molar-refractivity contribution is 0.101. The highest BCUT2D eigenvalue weighted by Crippen LogP contribution is 2.31. The Balaban J connectivity index is 1.80. The number of methoxy groups -OCH3 is 2. The first-order chi connectivity index (χ1) is 14.0. The second-order valence-corrected chi connectivity index (χ2v) is 6.24. The topological polar surface area (TPSA) is 89.6 Å². The number of benzene rings is 2. The van der Waals surface area contributed by atoms with Crippen LogP contribution in [0.5, 0.6) is 11.5 Å².